The molecule has 98 valence electrons. The SMILES string of the molecule is O=c1[nH]ccnc1N1CCOCC1CNC1CC1. The zero-order valence-corrected chi connectivity index (χ0v) is 10.3. The van der Waals surface area contributed by atoms with Crippen LogP contribution in [0, 0.1) is 0 Å². The van der Waals surface area contributed by atoms with E-state index in [1.165, 1.54) is 12.8 Å². The molecule has 0 spiro atoms. The molecule has 0 aromatic carbocycles. The number of rotatable bonds is 4. The van der Waals surface area contributed by atoms with Gasteiger partial charge in [-0.1, -0.05) is 0 Å². The molecule has 2 N–H and O–H groups in total. The van der Waals surface area contributed by atoms with Gasteiger partial charge in [0.05, 0.1) is 19.3 Å². The van der Waals surface area contributed by atoms with Crippen molar-refractivity contribution in [1.29, 1.82) is 0 Å². The van der Waals surface area contributed by atoms with Crippen LogP contribution in [0.3, 0.4) is 0 Å². The summed E-state index contributed by atoms with van der Waals surface area (Å²) in [6.45, 7) is 2.86. The number of aromatic amines is 1. The Kier molecular flexibility index (Phi) is 3.29. The molecule has 1 aromatic heterocycles. The first-order valence-electron chi connectivity index (χ1n) is 6.46. The monoisotopic (exact) mass is 250 g/mol. The van der Waals surface area contributed by atoms with Crippen molar-refractivity contribution in [2.24, 2.45) is 0 Å². The maximum Gasteiger partial charge on any atom is 0.290 e. The van der Waals surface area contributed by atoms with Crippen LogP contribution >= 0.6 is 0 Å². The molecule has 0 amide bonds. The second-order valence-corrected chi connectivity index (χ2v) is 4.85. The molecule has 2 aliphatic rings. The van der Waals surface area contributed by atoms with Gasteiger partial charge in [-0.05, 0) is 12.8 Å². The summed E-state index contributed by atoms with van der Waals surface area (Å²) in [6.07, 6.45) is 5.71. The van der Waals surface area contributed by atoms with Crippen LogP contribution in [0.25, 0.3) is 0 Å². The Bertz CT molecular complexity index is 457. The first-order valence-corrected chi connectivity index (χ1v) is 6.46. The maximum absolute atomic E-state index is 11.8. The van der Waals surface area contributed by atoms with E-state index in [9.17, 15) is 4.79 Å². The van der Waals surface area contributed by atoms with Gasteiger partial charge in [0.2, 0.25) is 0 Å². The molecule has 1 atom stereocenters. The van der Waals surface area contributed by atoms with E-state index in [4.69, 9.17) is 4.74 Å². The van der Waals surface area contributed by atoms with E-state index in [-0.39, 0.29) is 11.6 Å². The average Bonchev–Trinajstić information content (AvgIpc) is 3.22. The second kappa shape index (κ2) is 5.07. The van der Waals surface area contributed by atoms with Gasteiger partial charge in [-0.25, -0.2) is 4.98 Å². The van der Waals surface area contributed by atoms with Crippen molar-refractivity contribution in [3.05, 3.63) is 22.7 Å². The molecule has 1 unspecified atom stereocenters. The predicted octanol–water partition coefficient (Wildman–Crippen LogP) is -0.273. The van der Waals surface area contributed by atoms with Crippen LogP contribution in [-0.2, 0) is 4.74 Å². The molecule has 3 rings (SSSR count). The highest BCUT2D eigenvalue weighted by Gasteiger charge is 2.28. The molecule has 0 radical (unpaired) electrons. The third-order valence-electron chi connectivity index (χ3n) is 3.41. The summed E-state index contributed by atoms with van der Waals surface area (Å²) in [7, 11) is 0. The summed E-state index contributed by atoms with van der Waals surface area (Å²) in [6, 6.07) is 0.853. The fourth-order valence-electron chi connectivity index (χ4n) is 2.24. The van der Waals surface area contributed by atoms with Crippen LogP contribution in [0.4, 0.5) is 5.82 Å². The third kappa shape index (κ3) is 2.54. The van der Waals surface area contributed by atoms with Crippen LogP contribution < -0.4 is 15.8 Å². The van der Waals surface area contributed by atoms with Crippen LogP contribution in [0.2, 0.25) is 0 Å². The largest absolute Gasteiger partial charge is 0.377 e. The molecular formula is C12H18N4O2. The normalized spacial score (nSPS) is 24.2. The zero-order valence-electron chi connectivity index (χ0n) is 10.3. The molecule has 1 saturated carbocycles. The minimum absolute atomic E-state index is 0.129. The van der Waals surface area contributed by atoms with Crippen molar-refractivity contribution in [2.75, 3.05) is 31.2 Å². The lowest BCUT2D eigenvalue weighted by Crippen LogP contribution is -2.52. The van der Waals surface area contributed by atoms with Crippen molar-refractivity contribution < 1.29 is 4.74 Å². The van der Waals surface area contributed by atoms with Crippen molar-refractivity contribution >= 4 is 5.82 Å². The highest BCUT2D eigenvalue weighted by Crippen LogP contribution is 2.19. The highest BCUT2D eigenvalue weighted by atomic mass is 16.5. The number of nitrogens with one attached hydrogen (secondary N) is 2. The van der Waals surface area contributed by atoms with E-state index >= 15 is 0 Å². The summed E-state index contributed by atoms with van der Waals surface area (Å²) in [4.78, 5) is 20.7. The smallest absolute Gasteiger partial charge is 0.290 e. The van der Waals surface area contributed by atoms with E-state index in [0.29, 0.717) is 25.1 Å². The number of anilines is 1. The first-order chi connectivity index (χ1) is 8.84. The Labute approximate surface area is 105 Å². The lowest BCUT2D eigenvalue weighted by Gasteiger charge is -2.36. The molecule has 6 nitrogen and oxygen atoms in total. The van der Waals surface area contributed by atoms with E-state index < -0.39 is 0 Å². The fraction of sp³-hybridized carbons (Fsp3) is 0.667. The third-order valence-corrected chi connectivity index (χ3v) is 3.41. The topological polar surface area (TPSA) is 70.2 Å². The van der Waals surface area contributed by atoms with Crippen molar-refractivity contribution in [2.45, 2.75) is 24.9 Å². The molecule has 1 aliphatic heterocycles. The minimum atomic E-state index is -0.129. The Hall–Kier alpha value is -1.40. The number of hydrogen-bond acceptors (Lipinski definition) is 5. The summed E-state index contributed by atoms with van der Waals surface area (Å²) >= 11 is 0. The van der Waals surface area contributed by atoms with Gasteiger partial charge in [0.25, 0.3) is 5.56 Å². The van der Waals surface area contributed by atoms with Gasteiger partial charge in [0, 0.05) is 31.5 Å². The molecule has 2 heterocycles. The fourth-order valence-corrected chi connectivity index (χ4v) is 2.24. The number of H-pyrrole nitrogens is 1. The van der Waals surface area contributed by atoms with Gasteiger partial charge in [0.1, 0.15) is 0 Å². The quantitative estimate of drug-likeness (QED) is 0.769. The Balaban J connectivity index is 1.74. The zero-order chi connectivity index (χ0) is 12.4. The number of aromatic nitrogens is 2. The molecule has 1 aromatic rings. The Morgan fingerprint density at radius 1 is 1.56 bits per heavy atom. The molecule has 1 aliphatic carbocycles. The van der Waals surface area contributed by atoms with Crippen molar-refractivity contribution in [3.8, 4) is 0 Å². The summed E-state index contributed by atoms with van der Waals surface area (Å²) in [5.41, 5.74) is -0.129. The summed E-state index contributed by atoms with van der Waals surface area (Å²) in [5.74, 6) is 0.503. The van der Waals surface area contributed by atoms with Crippen LogP contribution in [0.15, 0.2) is 17.2 Å². The van der Waals surface area contributed by atoms with Crippen molar-refractivity contribution in [3.63, 3.8) is 0 Å². The number of morpholine rings is 1. The summed E-state index contributed by atoms with van der Waals surface area (Å²) in [5, 5.41) is 3.48. The molecule has 6 heteroatoms. The number of nitrogens with zero attached hydrogens (tertiary/aromatic N) is 2. The molecular weight excluding hydrogens is 232 g/mol. The minimum Gasteiger partial charge on any atom is -0.377 e. The number of ether oxygens (including phenoxy) is 1. The second-order valence-electron chi connectivity index (χ2n) is 4.85. The van der Waals surface area contributed by atoms with Crippen LogP contribution in [-0.4, -0.2) is 48.4 Å². The lowest BCUT2D eigenvalue weighted by molar-refractivity contribution is 0.0931. The average molecular weight is 250 g/mol. The predicted molar refractivity (Wildman–Crippen MR) is 67.8 cm³/mol. The van der Waals surface area contributed by atoms with Gasteiger partial charge >= 0.3 is 0 Å². The molecule has 2 fully saturated rings. The molecule has 1 saturated heterocycles. The molecule has 0 bridgehead atoms. The standard InChI is InChI=1S/C12H18N4O2/c17-12-11(13-3-4-14-12)16-5-6-18-8-10(16)7-15-9-1-2-9/h3-4,9-10,15H,1-2,5-8H2,(H,14,17). The van der Waals surface area contributed by atoms with E-state index in [1.807, 2.05) is 0 Å². The van der Waals surface area contributed by atoms with Gasteiger partial charge in [0.15, 0.2) is 5.82 Å². The van der Waals surface area contributed by atoms with E-state index in [2.05, 4.69) is 20.2 Å². The lowest BCUT2D eigenvalue weighted by atomic mass is 10.2. The maximum atomic E-state index is 11.8. The van der Waals surface area contributed by atoms with Gasteiger partial charge in [-0.2, -0.15) is 0 Å². The number of hydrogen-bond donors (Lipinski definition) is 2. The summed E-state index contributed by atoms with van der Waals surface area (Å²) < 4.78 is 5.50. The van der Waals surface area contributed by atoms with Gasteiger partial charge in [-0.3, -0.25) is 4.79 Å². The van der Waals surface area contributed by atoms with Crippen LogP contribution in [0.1, 0.15) is 12.8 Å². The highest BCUT2D eigenvalue weighted by molar-refractivity contribution is 5.37. The van der Waals surface area contributed by atoms with E-state index in [1.54, 1.807) is 12.4 Å². The van der Waals surface area contributed by atoms with Crippen LogP contribution in [0.5, 0.6) is 0 Å². The van der Waals surface area contributed by atoms with Gasteiger partial charge in [-0.15, -0.1) is 0 Å². The molecule has 18 heavy (non-hydrogen) atoms. The first kappa shape index (κ1) is 11.7. The van der Waals surface area contributed by atoms with Crippen molar-refractivity contribution in [1.82, 2.24) is 15.3 Å². The Morgan fingerprint density at radius 2 is 2.44 bits per heavy atom. The Morgan fingerprint density at radius 3 is 3.22 bits per heavy atom. The van der Waals surface area contributed by atoms with E-state index in [0.717, 1.165) is 13.1 Å². The van der Waals surface area contributed by atoms with Gasteiger partial charge < -0.3 is 19.9 Å².